The Hall–Kier alpha value is -4.20. The summed E-state index contributed by atoms with van der Waals surface area (Å²) in [6, 6.07) is 43.4. The maximum Gasteiger partial charge on any atom is 0.417 e. The zero-order valence-electron chi connectivity index (χ0n) is 52.9. The van der Waals surface area contributed by atoms with Gasteiger partial charge in [-0.25, -0.2) is 0 Å². The predicted molar refractivity (Wildman–Crippen MR) is 387 cm³/mol. The first kappa shape index (κ1) is 83.9. The van der Waals surface area contributed by atoms with E-state index in [0.717, 1.165) is 79.4 Å². The van der Waals surface area contributed by atoms with E-state index in [1.54, 1.807) is 25.2 Å². The van der Waals surface area contributed by atoms with E-state index in [1.807, 2.05) is 44.2 Å². The van der Waals surface area contributed by atoms with Gasteiger partial charge in [0, 0.05) is 45.4 Å². The molecule has 0 N–H and O–H groups in total. The quantitative estimate of drug-likeness (QED) is 0.140. The minimum Gasteiger partial charge on any atom is -0.490 e. The van der Waals surface area contributed by atoms with Crippen molar-refractivity contribution in [3.63, 3.8) is 0 Å². The summed E-state index contributed by atoms with van der Waals surface area (Å²) in [4.78, 5) is 3.58. The van der Waals surface area contributed by atoms with Crippen LogP contribution >= 0.6 is 133 Å². The Morgan fingerprint density at radius 2 is 0.826 bits per heavy atom. The number of ether oxygens (including phenoxy) is 1. The van der Waals surface area contributed by atoms with Crippen molar-refractivity contribution in [3.05, 3.63) is 282 Å². The Morgan fingerprint density at radius 1 is 0.380 bits per heavy atom. The van der Waals surface area contributed by atoms with Crippen molar-refractivity contribution in [1.82, 2.24) is 0 Å². The molecule has 2 heterocycles. The van der Waals surface area contributed by atoms with E-state index >= 15 is 0 Å². The number of anilines is 1. The molecule has 0 spiro atoms. The first-order valence-electron chi connectivity index (χ1n) is 27.8. The lowest BCUT2D eigenvalue weighted by atomic mass is 10.1. The molecule has 0 fully saturated rings. The smallest absolute Gasteiger partial charge is 0.417 e. The third kappa shape index (κ3) is 31.6. The van der Waals surface area contributed by atoms with Gasteiger partial charge in [0.05, 0.1) is 37.7 Å². The van der Waals surface area contributed by atoms with E-state index in [9.17, 15) is 39.5 Å². The van der Waals surface area contributed by atoms with Crippen LogP contribution in [0.25, 0.3) is 0 Å². The molecule has 0 atom stereocenters. The Kier molecular flexibility index (Phi) is 36.2. The monoisotopic (exact) mass is 1650 g/mol. The number of hydrogen-bond donors (Lipinski definition) is 0. The minimum absolute atomic E-state index is 0.143. The number of thiophene rings is 1. The Bertz CT molecular complexity index is 3550. The number of nitrogens with zero attached hydrogens (tertiary/aromatic N) is 1. The maximum absolute atomic E-state index is 12.1. The number of halogens is 18. The molecule has 0 unspecified atom stereocenters. The van der Waals surface area contributed by atoms with Gasteiger partial charge in [0.15, 0.2) is 0 Å². The SMILES string of the molecule is Cc1cc(C(F)(F)F)ccc1Cl.Cc1cc(C)c(Cl)cc1C.Cc1ccc(Br)cc1C.Cc1ccc(Br)cc1Cl.Cc1ccc(Br)s1.Cc1ccc(C(F)(F)F)cc1Cl.Cc1ccc(C)c(Br)c1.Cc1ccc(Cl)c(C(F)(F)F)c1.Cc1ccc2c(c1)N(C)CCO2. The molecule has 1 aliphatic rings. The summed E-state index contributed by atoms with van der Waals surface area (Å²) >= 11 is 43.4. The van der Waals surface area contributed by atoms with Crippen LogP contribution in [0, 0.1) is 90.0 Å². The van der Waals surface area contributed by atoms with Crippen LogP contribution in [-0.4, -0.2) is 20.2 Å². The van der Waals surface area contributed by atoms with Crippen LogP contribution in [0.1, 0.15) is 88.3 Å². The molecule has 1 aromatic heterocycles. The lowest BCUT2D eigenvalue weighted by Gasteiger charge is -2.27. The van der Waals surface area contributed by atoms with Gasteiger partial charge in [0.2, 0.25) is 0 Å². The lowest BCUT2D eigenvalue weighted by Crippen LogP contribution is -2.28. The number of rotatable bonds is 0. The van der Waals surface area contributed by atoms with E-state index in [4.69, 9.17) is 62.7 Å². The molecule has 0 saturated heterocycles. The van der Waals surface area contributed by atoms with E-state index in [0.29, 0.717) is 21.7 Å². The molecule has 0 aliphatic carbocycles. The second kappa shape index (κ2) is 39.7. The molecular formula is C71H71Br4Cl5F9NOS. The molecule has 0 radical (unpaired) electrons. The van der Waals surface area contributed by atoms with Gasteiger partial charge in [-0.3, -0.25) is 0 Å². The zero-order chi connectivity index (χ0) is 70.2. The van der Waals surface area contributed by atoms with Crippen molar-refractivity contribution in [3.8, 4) is 5.75 Å². The molecule has 9 aromatic rings. The van der Waals surface area contributed by atoms with Crippen molar-refractivity contribution in [1.29, 1.82) is 0 Å². The second-order valence-electron chi connectivity index (χ2n) is 21.1. The summed E-state index contributed by atoms with van der Waals surface area (Å²) < 4.78 is 119. The van der Waals surface area contributed by atoms with Gasteiger partial charge in [-0.1, -0.05) is 160 Å². The second-order valence-corrected chi connectivity index (χ2v) is 28.4. The molecule has 0 bridgehead atoms. The van der Waals surface area contributed by atoms with Crippen molar-refractivity contribution < 1.29 is 44.3 Å². The maximum atomic E-state index is 12.1. The molecule has 92 heavy (non-hydrogen) atoms. The standard InChI is InChI=1S/C10H13NO.C9H11Cl.2C8H9Br.3C8H6ClF3.C7H6BrCl.C5H5BrS/c1-8-3-4-10-9(7-8)11(2)5-6-12-10;1-6-4-8(3)9(10)5-7(6)2;1-6-3-4-8(9)5-7(6)2;1-6-3-4-7(2)8(9)5-6;1-5-4-6(8(10,11)12)2-3-7(5)9;1-5-2-3-6(4-7(5)9)8(10,11)12;1-5-2-3-7(9)6(4-5)8(10,11)12;1-5-2-3-6(8)4-7(5)9;1-4-2-3-5(6)7-4/h3-4,7H,5-6H2,1-2H3;4-5H,1-3H3;2*3-5H,1-2H3;3*2-4H,1H3;2-4H,1H3;2-3H,1H3. The van der Waals surface area contributed by atoms with Crippen molar-refractivity contribution in [2.45, 2.75) is 109 Å². The summed E-state index contributed by atoms with van der Waals surface area (Å²) in [6.45, 7) is 27.3. The van der Waals surface area contributed by atoms with Crippen LogP contribution in [0.4, 0.5) is 45.2 Å². The number of benzene rings is 8. The first-order valence-corrected chi connectivity index (χ1v) is 33.6. The van der Waals surface area contributed by atoms with Gasteiger partial charge in [-0.2, -0.15) is 39.5 Å². The van der Waals surface area contributed by atoms with Crippen LogP contribution in [0.3, 0.4) is 0 Å². The third-order valence-corrected chi connectivity index (χ3v) is 18.4. The Balaban J connectivity index is 0.000000354. The molecule has 0 saturated carbocycles. The molecule has 1 aliphatic heterocycles. The van der Waals surface area contributed by atoms with E-state index in [1.165, 1.54) is 89.0 Å². The molecule has 10 rings (SSSR count). The number of hydrogen-bond acceptors (Lipinski definition) is 3. The topological polar surface area (TPSA) is 12.5 Å². The highest BCUT2D eigenvalue weighted by molar-refractivity contribution is 9.11. The van der Waals surface area contributed by atoms with Gasteiger partial charge in [0.25, 0.3) is 0 Å². The summed E-state index contributed by atoms with van der Waals surface area (Å²) in [5.74, 6) is 1.01. The molecule has 0 amide bonds. The third-order valence-electron chi connectivity index (χ3n) is 13.0. The number of fused-ring (bicyclic) bond motifs is 1. The largest absolute Gasteiger partial charge is 0.490 e. The molecule has 21 heteroatoms. The van der Waals surface area contributed by atoms with E-state index in [-0.39, 0.29) is 10.0 Å². The highest BCUT2D eigenvalue weighted by Crippen LogP contribution is 2.36. The Labute approximate surface area is 599 Å². The Morgan fingerprint density at radius 3 is 1.27 bits per heavy atom. The number of alkyl halides is 9. The van der Waals surface area contributed by atoms with Gasteiger partial charge in [0.1, 0.15) is 12.4 Å². The first-order chi connectivity index (χ1) is 42.5. The summed E-state index contributed by atoms with van der Waals surface area (Å²) in [6.07, 6.45) is -12.9. The van der Waals surface area contributed by atoms with Crippen LogP contribution in [0.5, 0.6) is 5.75 Å². The van der Waals surface area contributed by atoms with Gasteiger partial charge >= 0.3 is 18.5 Å². The summed E-state index contributed by atoms with van der Waals surface area (Å²) in [5.41, 5.74) is 12.1. The van der Waals surface area contributed by atoms with Gasteiger partial charge in [-0.15, -0.1) is 11.3 Å². The predicted octanol–water partition coefficient (Wildman–Crippen LogP) is 28.5. The molecule has 498 valence electrons. The van der Waals surface area contributed by atoms with Crippen molar-refractivity contribution in [2.75, 3.05) is 25.1 Å². The van der Waals surface area contributed by atoms with Gasteiger partial charge in [-0.05, 0) is 270 Å². The highest BCUT2D eigenvalue weighted by Gasteiger charge is 2.33. The van der Waals surface area contributed by atoms with Crippen molar-refractivity contribution in [2.24, 2.45) is 0 Å². The molecular weight excluding hydrogens is 1580 g/mol. The average Bonchev–Trinajstić information content (AvgIpc) is 0.956. The van der Waals surface area contributed by atoms with Crippen LogP contribution in [0.2, 0.25) is 25.1 Å². The molecule has 8 aromatic carbocycles. The number of likely N-dealkylation sites (N-methyl/N-ethyl adjacent to an activating group) is 1. The van der Waals surface area contributed by atoms with Crippen LogP contribution in [0.15, 0.2) is 169 Å². The van der Waals surface area contributed by atoms with Gasteiger partial charge < -0.3 is 9.64 Å². The minimum atomic E-state index is -4.36. The zero-order valence-corrected chi connectivity index (χ0v) is 63.9. The van der Waals surface area contributed by atoms with Crippen LogP contribution in [-0.2, 0) is 18.5 Å². The fraction of sp³-hybridized carbons (Fsp3) is 0.268. The number of aryl methyl sites for hydroxylation is 13. The normalized spacial score (nSPS) is 11.2. The van der Waals surface area contributed by atoms with E-state index in [2.05, 4.69) is 198 Å². The van der Waals surface area contributed by atoms with E-state index < -0.39 is 35.2 Å². The summed E-state index contributed by atoms with van der Waals surface area (Å²) in [5, 5.41) is 1.91. The summed E-state index contributed by atoms with van der Waals surface area (Å²) in [7, 11) is 2.10. The average molecular weight is 1650 g/mol. The van der Waals surface area contributed by atoms with Crippen LogP contribution < -0.4 is 9.64 Å². The lowest BCUT2D eigenvalue weighted by molar-refractivity contribution is -0.138. The fourth-order valence-electron chi connectivity index (χ4n) is 7.21. The fourth-order valence-corrected chi connectivity index (χ4v) is 11.1. The molecule has 2 nitrogen and oxygen atoms in total. The highest BCUT2D eigenvalue weighted by atomic mass is 79.9. The van der Waals surface area contributed by atoms with Crippen molar-refractivity contribution >= 4 is 139 Å².